The zero-order valence-corrected chi connectivity index (χ0v) is 16.8. The van der Waals surface area contributed by atoms with Crippen LogP contribution < -0.4 is 0 Å². The lowest BCUT2D eigenvalue weighted by atomic mass is 9.53. The van der Waals surface area contributed by atoms with E-state index in [2.05, 4.69) is 6.92 Å². The summed E-state index contributed by atoms with van der Waals surface area (Å²) in [6.45, 7) is 2.76. The number of hydrogen-bond acceptors (Lipinski definition) is 2. The third-order valence-corrected chi connectivity index (χ3v) is 9.58. The summed E-state index contributed by atoms with van der Waals surface area (Å²) in [5.74, 6) is 5.92. The first-order valence-electron chi connectivity index (χ1n) is 11.8. The molecular formula is C24H38O2. The highest BCUT2D eigenvalue weighted by molar-refractivity contribution is 5.82. The molecule has 0 aliphatic heterocycles. The minimum absolute atomic E-state index is 0.0249. The van der Waals surface area contributed by atoms with Gasteiger partial charge in [-0.05, 0) is 93.8 Å². The molecular weight excluding hydrogens is 320 g/mol. The first-order valence-corrected chi connectivity index (χ1v) is 11.8. The van der Waals surface area contributed by atoms with E-state index in [1.165, 1.54) is 77.0 Å². The molecule has 26 heavy (non-hydrogen) atoms. The molecule has 5 rings (SSSR count). The summed E-state index contributed by atoms with van der Waals surface area (Å²) in [6, 6.07) is 0. The molecule has 0 aromatic heterocycles. The van der Waals surface area contributed by atoms with E-state index >= 15 is 0 Å². The van der Waals surface area contributed by atoms with E-state index in [-0.39, 0.29) is 5.60 Å². The van der Waals surface area contributed by atoms with Gasteiger partial charge in [-0.1, -0.05) is 32.1 Å². The zero-order valence-electron chi connectivity index (χ0n) is 16.8. The molecule has 5 fully saturated rings. The van der Waals surface area contributed by atoms with Gasteiger partial charge in [-0.3, -0.25) is 4.79 Å². The van der Waals surface area contributed by atoms with Crippen LogP contribution in [0, 0.1) is 41.4 Å². The normalized spacial score (nSPS) is 50.3. The van der Waals surface area contributed by atoms with Gasteiger partial charge in [0.15, 0.2) is 5.78 Å². The average Bonchev–Trinajstić information content (AvgIpc) is 2.66. The molecule has 8 atom stereocenters. The Morgan fingerprint density at radius 3 is 2.54 bits per heavy atom. The van der Waals surface area contributed by atoms with Gasteiger partial charge < -0.3 is 4.74 Å². The molecule has 0 spiro atoms. The number of rotatable bonds is 4. The molecule has 5 saturated carbocycles. The van der Waals surface area contributed by atoms with Gasteiger partial charge in [0.05, 0.1) is 5.60 Å². The van der Waals surface area contributed by atoms with Crippen LogP contribution in [0.2, 0.25) is 0 Å². The van der Waals surface area contributed by atoms with Gasteiger partial charge >= 0.3 is 0 Å². The van der Waals surface area contributed by atoms with Crippen LogP contribution in [0.25, 0.3) is 0 Å². The summed E-state index contributed by atoms with van der Waals surface area (Å²) >= 11 is 0. The van der Waals surface area contributed by atoms with Crippen molar-refractivity contribution in [1.82, 2.24) is 0 Å². The van der Waals surface area contributed by atoms with E-state index in [1.54, 1.807) is 0 Å². The molecule has 0 amide bonds. The fourth-order valence-electron chi connectivity index (χ4n) is 8.09. The molecule has 146 valence electrons. The molecule has 5 aliphatic carbocycles. The Labute approximate surface area is 159 Å². The van der Waals surface area contributed by atoms with Crippen LogP contribution in [0.3, 0.4) is 0 Å². The largest absolute Gasteiger partial charge is 0.367 e. The second-order valence-corrected chi connectivity index (χ2v) is 10.9. The summed E-state index contributed by atoms with van der Waals surface area (Å²) in [4.78, 5) is 13.0. The van der Waals surface area contributed by atoms with Crippen molar-refractivity contribution in [3.05, 3.63) is 0 Å². The molecule has 0 aromatic carbocycles. The van der Waals surface area contributed by atoms with E-state index in [0.29, 0.717) is 24.2 Å². The monoisotopic (exact) mass is 358 g/mol. The molecule has 2 nitrogen and oxygen atoms in total. The van der Waals surface area contributed by atoms with Gasteiger partial charge in [-0.2, -0.15) is 0 Å². The summed E-state index contributed by atoms with van der Waals surface area (Å²) in [5, 5.41) is 0. The molecule has 0 N–H and O–H groups in total. The highest BCUT2D eigenvalue weighted by Gasteiger charge is 2.51. The maximum atomic E-state index is 13.0. The van der Waals surface area contributed by atoms with Crippen molar-refractivity contribution in [2.24, 2.45) is 41.4 Å². The van der Waals surface area contributed by atoms with Crippen molar-refractivity contribution in [3.63, 3.8) is 0 Å². The maximum Gasteiger partial charge on any atom is 0.161 e. The van der Waals surface area contributed by atoms with Crippen LogP contribution >= 0.6 is 0 Å². The van der Waals surface area contributed by atoms with Gasteiger partial charge in [0.25, 0.3) is 0 Å². The smallest absolute Gasteiger partial charge is 0.161 e. The number of carbonyl (C=O) groups excluding carboxylic acids is 1. The lowest BCUT2D eigenvalue weighted by Gasteiger charge is -2.55. The van der Waals surface area contributed by atoms with Crippen LogP contribution in [0.1, 0.15) is 90.4 Å². The molecule has 0 radical (unpaired) electrons. The third kappa shape index (κ3) is 3.09. The molecule has 0 aromatic rings. The van der Waals surface area contributed by atoms with E-state index < -0.39 is 0 Å². The Kier molecular flexibility index (Phi) is 4.70. The van der Waals surface area contributed by atoms with Crippen molar-refractivity contribution >= 4 is 5.78 Å². The predicted octanol–water partition coefficient (Wildman–Crippen LogP) is 5.78. The van der Waals surface area contributed by atoms with Crippen molar-refractivity contribution in [2.45, 2.75) is 96.0 Å². The number of ketones is 1. The predicted molar refractivity (Wildman–Crippen MR) is 104 cm³/mol. The van der Waals surface area contributed by atoms with Gasteiger partial charge in [0.2, 0.25) is 0 Å². The summed E-state index contributed by atoms with van der Waals surface area (Å²) in [6.07, 6.45) is 17.5. The van der Waals surface area contributed by atoms with Crippen molar-refractivity contribution < 1.29 is 9.53 Å². The second kappa shape index (κ2) is 6.90. The summed E-state index contributed by atoms with van der Waals surface area (Å²) < 4.78 is 6.55. The number of ether oxygens (including phenoxy) is 1. The maximum absolute atomic E-state index is 13.0. The third-order valence-electron chi connectivity index (χ3n) is 9.58. The first-order chi connectivity index (χ1) is 12.6. The minimum Gasteiger partial charge on any atom is -0.367 e. The Balaban J connectivity index is 1.22. The van der Waals surface area contributed by atoms with Gasteiger partial charge in [0, 0.05) is 5.92 Å². The van der Waals surface area contributed by atoms with Crippen molar-refractivity contribution in [1.29, 1.82) is 0 Å². The minimum atomic E-state index is -0.0249. The molecule has 5 aliphatic rings. The highest BCUT2D eigenvalue weighted by atomic mass is 16.5. The van der Waals surface area contributed by atoms with E-state index in [4.69, 9.17) is 4.74 Å². The lowest BCUT2D eigenvalue weighted by molar-refractivity contribution is -0.166. The molecule has 0 heterocycles. The van der Waals surface area contributed by atoms with Crippen molar-refractivity contribution in [2.75, 3.05) is 6.61 Å². The lowest BCUT2D eigenvalue weighted by Crippen LogP contribution is -2.52. The Morgan fingerprint density at radius 2 is 1.62 bits per heavy atom. The van der Waals surface area contributed by atoms with Crippen molar-refractivity contribution in [3.8, 4) is 0 Å². The average molecular weight is 359 g/mol. The molecule has 2 heteroatoms. The van der Waals surface area contributed by atoms with E-state index in [9.17, 15) is 4.79 Å². The standard InChI is InChI=1S/C24H38O2/c1-24(11-10-18-14-22(24)20-7-3-5-17(18)13-20)26-15-23(25)21-9-8-16-4-2-6-19(21)12-16/h16-22H,2-15H2,1H3/t16-,17+,18-,19-,20-,21?,22+,24-/m1/s1. The molecule has 1 unspecified atom stereocenters. The summed E-state index contributed by atoms with van der Waals surface area (Å²) in [7, 11) is 0. The number of hydrogen-bond donors (Lipinski definition) is 0. The Bertz CT molecular complexity index is 542. The van der Waals surface area contributed by atoms with E-state index in [0.717, 1.165) is 36.0 Å². The fraction of sp³-hybridized carbons (Fsp3) is 0.958. The molecule has 6 bridgehead atoms. The van der Waals surface area contributed by atoms with Crippen LogP contribution in [-0.4, -0.2) is 18.0 Å². The fourth-order valence-corrected chi connectivity index (χ4v) is 8.09. The number of carbonyl (C=O) groups is 1. The number of Topliss-reactive ketones (excluding diaryl/α,β-unsaturated/α-hetero) is 1. The first kappa shape index (κ1) is 17.7. The Morgan fingerprint density at radius 1 is 0.846 bits per heavy atom. The van der Waals surface area contributed by atoms with Gasteiger partial charge in [-0.25, -0.2) is 0 Å². The van der Waals surface area contributed by atoms with Crippen LogP contribution in [0.15, 0.2) is 0 Å². The van der Waals surface area contributed by atoms with Gasteiger partial charge in [0.1, 0.15) is 6.61 Å². The van der Waals surface area contributed by atoms with Crippen LogP contribution in [0.5, 0.6) is 0 Å². The van der Waals surface area contributed by atoms with Gasteiger partial charge in [-0.15, -0.1) is 0 Å². The second-order valence-electron chi connectivity index (χ2n) is 10.9. The Hall–Kier alpha value is -0.370. The SMILES string of the molecule is C[C@@]1(OCC(=O)C2CC[C@H]3CCC[C@@H]2C3)CC[C@@H]2C[C@H]1[C@@H]1CCC[C@H]2C1. The van der Waals surface area contributed by atoms with Crippen LogP contribution in [-0.2, 0) is 9.53 Å². The van der Waals surface area contributed by atoms with E-state index in [1.807, 2.05) is 0 Å². The van der Waals surface area contributed by atoms with Crippen LogP contribution in [0.4, 0.5) is 0 Å². The number of fused-ring (bicyclic) bond motifs is 8. The molecule has 0 saturated heterocycles. The zero-order chi connectivity index (χ0) is 17.7. The summed E-state index contributed by atoms with van der Waals surface area (Å²) in [5.41, 5.74) is -0.0249. The highest BCUT2D eigenvalue weighted by Crippen LogP contribution is 2.56. The topological polar surface area (TPSA) is 26.3 Å². The quantitative estimate of drug-likeness (QED) is 0.636.